The van der Waals surface area contributed by atoms with Crippen molar-refractivity contribution in [1.29, 1.82) is 0 Å². The van der Waals surface area contributed by atoms with Crippen molar-refractivity contribution in [1.82, 2.24) is 0 Å². The monoisotopic (exact) mass is 261 g/mol. The van der Waals surface area contributed by atoms with Gasteiger partial charge in [-0.2, -0.15) is 0 Å². The highest BCUT2D eigenvalue weighted by Crippen LogP contribution is 2.30. The zero-order valence-corrected chi connectivity index (χ0v) is 11.4. The van der Waals surface area contributed by atoms with Gasteiger partial charge in [0.05, 0.1) is 17.0 Å². The molecule has 0 unspecified atom stereocenters. The molecule has 0 aliphatic rings. The fraction of sp³-hybridized carbons (Fsp3) is 0.455. The van der Waals surface area contributed by atoms with Crippen LogP contribution in [0.5, 0.6) is 0 Å². The zero-order valence-electron chi connectivity index (χ0n) is 9.83. The van der Waals surface area contributed by atoms with Gasteiger partial charge in [0.2, 0.25) is 10.0 Å². The van der Waals surface area contributed by atoms with Gasteiger partial charge in [-0.15, -0.1) is 0 Å². The van der Waals surface area contributed by atoms with Crippen LogP contribution < -0.4 is 4.72 Å². The number of rotatable bonds is 2. The molecular formula is C11H16ClNO2S. The fourth-order valence-corrected chi connectivity index (χ4v) is 2.06. The second-order valence-electron chi connectivity index (χ2n) is 4.82. The summed E-state index contributed by atoms with van der Waals surface area (Å²) in [6, 6.07) is 5.37. The Bertz CT molecular complexity index is 489. The second-order valence-corrected chi connectivity index (χ2v) is 6.97. The zero-order chi connectivity index (χ0) is 12.6. The molecule has 1 aromatic carbocycles. The molecule has 16 heavy (non-hydrogen) atoms. The highest BCUT2D eigenvalue weighted by atomic mass is 35.5. The molecule has 5 heteroatoms. The van der Waals surface area contributed by atoms with Crippen LogP contribution in [0.3, 0.4) is 0 Å². The van der Waals surface area contributed by atoms with E-state index in [1.54, 1.807) is 12.1 Å². The molecule has 1 N–H and O–H groups in total. The molecule has 0 aromatic heterocycles. The smallest absolute Gasteiger partial charge is 0.229 e. The Morgan fingerprint density at radius 2 is 1.81 bits per heavy atom. The molecule has 1 aromatic rings. The van der Waals surface area contributed by atoms with E-state index < -0.39 is 10.0 Å². The summed E-state index contributed by atoms with van der Waals surface area (Å²) in [5, 5.41) is 0.401. The molecule has 0 radical (unpaired) electrons. The van der Waals surface area contributed by atoms with Gasteiger partial charge >= 0.3 is 0 Å². The number of halogens is 1. The van der Waals surface area contributed by atoms with Gasteiger partial charge in [0.15, 0.2) is 0 Å². The Balaban J connectivity index is 3.20. The summed E-state index contributed by atoms with van der Waals surface area (Å²) in [5.41, 5.74) is 1.41. The average molecular weight is 262 g/mol. The van der Waals surface area contributed by atoms with Crippen molar-refractivity contribution in [3.63, 3.8) is 0 Å². The summed E-state index contributed by atoms with van der Waals surface area (Å²) in [4.78, 5) is 0. The van der Waals surface area contributed by atoms with Crippen LogP contribution in [-0.2, 0) is 15.4 Å². The van der Waals surface area contributed by atoms with E-state index in [1.165, 1.54) is 0 Å². The third kappa shape index (κ3) is 3.68. The largest absolute Gasteiger partial charge is 0.282 e. The average Bonchev–Trinajstić information content (AvgIpc) is 2.04. The minimum atomic E-state index is -3.30. The van der Waals surface area contributed by atoms with Crippen molar-refractivity contribution in [2.75, 3.05) is 11.0 Å². The van der Waals surface area contributed by atoms with Crippen LogP contribution in [0.25, 0.3) is 0 Å². The van der Waals surface area contributed by atoms with E-state index in [0.717, 1.165) is 11.8 Å². The predicted molar refractivity (Wildman–Crippen MR) is 68.6 cm³/mol. The van der Waals surface area contributed by atoms with E-state index in [2.05, 4.69) is 25.5 Å². The maximum atomic E-state index is 11.1. The van der Waals surface area contributed by atoms with Crippen LogP contribution in [0.15, 0.2) is 18.2 Å². The maximum absolute atomic E-state index is 11.1. The number of anilines is 1. The highest BCUT2D eigenvalue weighted by Gasteiger charge is 2.16. The van der Waals surface area contributed by atoms with Crippen LogP contribution >= 0.6 is 11.6 Å². The Morgan fingerprint density at radius 3 is 2.25 bits per heavy atom. The molecule has 1 rings (SSSR count). The second kappa shape index (κ2) is 4.26. The summed E-state index contributed by atoms with van der Waals surface area (Å²) in [6.07, 6.45) is 1.10. The first kappa shape index (κ1) is 13.3. The van der Waals surface area contributed by atoms with Crippen molar-refractivity contribution < 1.29 is 8.42 Å². The SMILES string of the molecule is CC(C)(C)c1ccc(Cl)c(NS(C)(=O)=O)c1. The summed E-state index contributed by atoms with van der Waals surface area (Å²) >= 11 is 5.93. The maximum Gasteiger partial charge on any atom is 0.229 e. The standard InChI is InChI=1S/C11H16ClNO2S/c1-11(2,3)8-5-6-9(12)10(7-8)13-16(4,14)15/h5-7,13H,1-4H3. The molecule has 0 heterocycles. The molecule has 0 saturated heterocycles. The summed E-state index contributed by atoms with van der Waals surface area (Å²) in [7, 11) is -3.30. The summed E-state index contributed by atoms with van der Waals surface area (Å²) < 4.78 is 24.7. The van der Waals surface area contributed by atoms with Crippen molar-refractivity contribution >= 4 is 27.3 Å². The van der Waals surface area contributed by atoms with Gasteiger partial charge in [-0.05, 0) is 23.1 Å². The van der Waals surface area contributed by atoms with Crippen LogP contribution in [0.4, 0.5) is 5.69 Å². The molecular weight excluding hydrogens is 246 g/mol. The third-order valence-corrected chi connectivity index (χ3v) is 3.05. The molecule has 0 bridgehead atoms. The Morgan fingerprint density at radius 1 is 1.25 bits per heavy atom. The Kier molecular flexibility index (Phi) is 3.55. The Labute approximate surface area is 102 Å². The van der Waals surface area contributed by atoms with E-state index in [1.807, 2.05) is 6.07 Å². The van der Waals surface area contributed by atoms with E-state index in [0.29, 0.717) is 10.7 Å². The fourth-order valence-electron chi connectivity index (χ4n) is 1.27. The minimum Gasteiger partial charge on any atom is -0.282 e. The Hall–Kier alpha value is -0.740. The lowest BCUT2D eigenvalue weighted by Crippen LogP contribution is -2.14. The van der Waals surface area contributed by atoms with Gasteiger partial charge in [0.25, 0.3) is 0 Å². The molecule has 0 spiro atoms. The lowest BCUT2D eigenvalue weighted by atomic mass is 9.87. The third-order valence-electron chi connectivity index (χ3n) is 2.13. The molecule has 90 valence electrons. The minimum absolute atomic E-state index is 0.0431. The van der Waals surface area contributed by atoms with Crippen LogP contribution in [-0.4, -0.2) is 14.7 Å². The number of hydrogen-bond acceptors (Lipinski definition) is 2. The van der Waals surface area contributed by atoms with E-state index in [9.17, 15) is 8.42 Å². The van der Waals surface area contributed by atoms with E-state index >= 15 is 0 Å². The van der Waals surface area contributed by atoms with Gasteiger partial charge in [0, 0.05) is 0 Å². The lowest BCUT2D eigenvalue weighted by molar-refractivity contribution is 0.590. The normalized spacial score (nSPS) is 12.6. The van der Waals surface area contributed by atoms with Gasteiger partial charge in [-0.25, -0.2) is 8.42 Å². The first-order valence-electron chi connectivity index (χ1n) is 4.87. The van der Waals surface area contributed by atoms with E-state index in [-0.39, 0.29) is 5.41 Å². The van der Waals surface area contributed by atoms with Gasteiger partial charge < -0.3 is 0 Å². The summed E-state index contributed by atoms with van der Waals surface area (Å²) in [6.45, 7) is 6.17. The number of sulfonamides is 1. The van der Waals surface area contributed by atoms with Crippen molar-refractivity contribution in [3.05, 3.63) is 28.8 Å². The van der Waals surface area contributed by atoms with Crippen LogP contribution in [0, 0.1) is 0 Å². The molecule has 0 atom stereocenters. The molecule has 3 nitrogen and oxygen atoms in total. The van der Waals surface area contributed by atoms with Crippen molar-refractivity contribution in [2.24, 2.45) is 0 Å². The summed E-state index contributed by atoms with van der Waals surface area (Å²) in [5.74, 6) is 0. The number of nitrogens with one attached hydrogen (secondary N) is 1. The first-order valence-corrected chi connectivity index (χ1v) is 7.14. The highest BCUT2D eigenvalue weighted by molar-refractivity contribution is 7.92. The molecule has 0 fully saturated rings. The van der Waals surface area contributed by atoms with Gasteiger partial charge in [0.1, 0.15) is 0 Å². The van der Waals surface area contributed by atoms with Crippen LogP contribution in [0.1, 0.15) is 26.3 Å². The molecule has 0 amide bonds. The first-order chi connectivity index (χ1) is 7.09. The van der Waals surface area contributed by atoms with E-state index in [4.69, 9.17) is 11.6 Å². The van der Waals surface area contributed by atoms with Crippen molar-refractivity contribution in [2.45, 2.75) is 26.2 Å². The molecule has 0 aliphatic carbocycles. The number of benzene rings is 1. The molecule has 0 aliphatic heterocycles. The van der Waals surface area contributed by atoms with Crippen molar-refractivity contribution in [3.8, 4) is 0 Å². The van der Waals surface area contributed by atoms with Gasteiger partial charge in [-0.1, -0.05) is 38.4 Å². The lowest BCUT2D eigenvalue weighted by Gasteiger charge is -2.20. The van der Waals surface area contributed by atoms with Gasteiger partial charge in [-0.3, -0.25) is 4.72 Å². The topological polar surface area (TPSA) is 46.2 Å². The quantitative estimate of drug-likeness (QED) is 0.890. The number of hydrogen-bond donors (Lipinski definition) is 1. The predicted octanol–water partition coefficient (Wildman–Crippen LogP) is 3.01. The van der Waals surface area contributed by atoms with Crippen LogP contribution in [0.2, 0.25) is 5.02 Å². The molecule has 0 saturated carbocycles.